The second-order valence-electron chi connectivity index (χ2n) is 9.33. The summed E-state index contributed by atoms with van der Waals surface area (Å²) in [4.78, 5) is 89.3. The molecular formula is C27H37IN6O7. The van der Waals surface area contributed by atoms with Crippen molar-refractivity contribution in [3.8, 4) is 0 Å². The molecule has 0 aromatic heterocycles. The first kappa shape index (κ1) is 33.4. The fourth-order valence-corrected chi connectivity index (χ4v) is 5.13. The number of hydrogen-bond donors (Lipinski definition) is 5. The molecular weight excluding hydrogens is 647 g/mol. The van der Waals surface area contributed by atoms with E-state index in [2.05, 4.69) is 24.8 Å². The van der Waals surface area contributed by atoms with Gasteiger partial charge in [-0.1, -0.05) is 6.42 Å². The maximum atomic E-state index is 12.7. The zero-order valence-corrected chi connectivity index (χ0v) is 25.3. The number of rotatable bonds is 17. The number of imide groups is 1. The van der Waals surface area contributed by atoms with E-state index < -0.39 is 50.4 Å². The van der Waals surface area contributed by atoms with Gasteiger partial charge in [0, 0.05) is 25.1 Å². The molecule has 1 aromatic carbocycles. The summed E-state index contributed by atoms with van der Waals surface area (Å²) in [5.41, 5.74) is 0.801. The summed E-state index contributed by atoms with van der Waals surface area (Å²) in [5, 5.41) is 10.0. The van der Waals surface area contributed by atoms with E-state index in [0.717, 1.165) is 10.5 Å². The van der Waals surface area contributed by atoms with E-state index in [1.807, 2.05) is 28.1 Å². The van der Waals surface area contributed by atoms with E-state index in [9.17, 15) is 33.6 Å². The second kappa shape index (κ2) is 17.8. The Morgan fingerprint density at radius 2 is 1.37 bits per heavy atom. The molecule has 0 unspecified atom stereocenters. The summed E-state index contributed by atoms with van der Waals surface area (Å²) in [5.74, 6) is -3.02. The number of benzene rings is 1. The molecule has 14 heteroatoms. The average Bonchev–Trinajstić information content (AvgIpc) is 3.25. The number of carbonyl (C=O) groups excluding carboxylic acids is 7. The molecule has 1 atom stereocenters. The predicted molar refractivity (Wildman–Crippen MR) is 159 cm³/mol. The monoisotopic (exact) mass is 684 g/mol. The molecule has 0 fully saturated rings. The third-order valence-electron chi connectivity index (χ3n) is 5.73. The van der Waals surface area contributed by atoms with Crippen LogP contribution < -0.4 is 24.8 Å². The van der Waals surface area contributed by atoms with Crippen LogP contribution in [0, 0.1) is 0 Å². The van der Waals surface area contributed by atoms with Crippen LogP contribution in [0.4, 0.5) is 0 Å². The fraction of sp³-hybridized carbons (Fsp3) is 0.444. The number of carbonyl (C=O) groups is 7. The first-order valence-electron chi connectivity index (χ1n) is 13.0. The van der Waals surface area contributed by atoms with Crippen molar-refractivity contribution in [2.75, 3.05) is 36.0 Å². The van der Waals surface area contributed by atoms with Crippen molar-refractivity contribution >= 4 is 61.4 Å². The molecule has 5 N–H and O–H groups in total. The van der Waals surface area contributed by atoms with Crippen LogP contribution in [-0.2, 0) is 40.0 Å². The van der Waals surface area contributed by atoms with Gasteiger partial charge in [-0.3, -0.25) is 19.3 Å². The summed E-state index contributed by atoms with van der Waals surface area (Å²) < 4.78 is 2.82. The number of amides is 7. The molecule has 0 saturated heterocycles. The minimum absolute atomic E-state index is 0.168. The zero-order chi connectivity index (χ0) is 30.2. The molecule has 0 spiro atoms. The molecule has 224 valence electrons. The Kier molecular flexibility index (Phi) is 14.5. The van der Waals surface area contributed by atoms with Crippen molar-refractivity contribution in [2.45, 2.75) is 38.1 Å². The van der Waals surface area contributed by atoms with E-state index in [1.54, 1.807) is 12.1 Å². The van der Waals surface area contributed by atoms with Gasteiger partial charge in [-0.05, 0) is 12.8 Å². The Labute approximate surface area is 246 Å². The third kappa shape index (κ3) is 13.4. The normalized spacial score (nSPS) is 13.3. The standard InChI is InChI=1S/C27H37IN6O7/c1-28(2)33-24(38)18-31-27(41)20(15-19-9-5-3-6-10-19)32-23(37)17-30-22(36)16-29-21(35)11-7-4-8-14-34-25(39)12-13-26(34)40/h3,5-6,9-10,12-13,20H,4,7-8,11,14-18H2,1-2H3,(H,29,35)(H,30,36)(H,31,41)(H,32,37)(H,33,38)/t20-/m0/s1. The summed E-state index contributed by atoms with van der Waals surface area (Å²) in [7, 11) is 0. The first-order chi connectivity index (χ1) is 19.5. The first-order valence-corrected chi connectivity index (χ1v) is 18.4. The van der Waals surface area contributed by atoms with Crippen molar-refractivity contribution in [3.63, 3.8) is 0 Å². The number of unbranched alkanes of at least 4 members (excludes halogenated alkanes) is 2. The molecule has 1 heterocycles. The van der Waals surface area contributed by atoms with Gasteiger partial charge in [-0.2, -0.15) is 0 Å². The van der Waals surface area contributed by atoms with Crippen molar-refractivity contribution in [2.24, 2.45) is 0 Å². The van der Waals surface area contributed by atoms with Gasteiger partial charge in [0.2, 0.25) is 5.91 Å². The summed E-state index contributed by atoms with van der Waals surface area (Å²) in [6.07, 6.45) is 4.52. The van der Waals surface area contributed by atoms with Gasteiger partial charge in [0.15, 0.2) is 0 Å². The van der Waals surface area contributed by atoms with Crippen LogP contribution in [-0.4, -0.2) is 88.3 Å². The van der Waals surface area contributed by atoms with Crippen LogP contribution in [0.5, 0.6) is 0 Å². The van der Waals surface area contributed by atoms with Gasteiger partial charge in [0.05, 0.1) is 0 Å². The van der Waals surface area contributed by atoms with Gasteiger partial charge >= 0.3 is 160 Å². The number of nitrogens with one attached hydrogen (secondary N) is 5. The predicted octanol–water partition coefficient (Wildman–Crippen LogP) is -0.655. The van der Waals surface area contributed by atoms with Gasteiger partial charge in [0.1, 0.15) is 0 Å². The summed E-state index contributed by atoms with van der Waals surface area (Å²) in [6, 6.07) is 8.08. The van der Waals surface area contributed by atoms with Crippen LogP contribution in [0.25, 0.3) is 0 Å². The average molecular weight is 685 g/mol. The molecule has 41 heavy (non-hydrogen) atoms. The van der Waals surface area contributed by atoms with Gasteiger partial charge in [0.25, 0.3) is 11.8 Å². The van der Waals surface area contributed by atoms with Gasteiger partial charge in [-0.25, -0.2) is 0 Å². The Hall–Kier alpha value is -3.82. The molecule has 13 nitrogen and oxygen atoms in total. The smallest absolute Gasteiger partial charge is 0.347 e. The third-order valence-corrected chi connectivity index (χ3v) is 7.41. The van der Waals surface area contributed by atoms with E-state index >= 15 is 0 Å². The molecule has 1 aliphatic heterocycles. The summed E-state index contributed by atoms with van der Waals surface area (Å²) in [6.45, 7) is -0.644. The van der Waals surface area contributed by atoms with Crippen molar-refractivity contribution in [1.29, 1.82) is 0 Å². The van der Waals surface area contributed by atoms with Crippen molar-refractivity contribution < 1.29 is 33.6 Å². The van der Waals surface area contributed by atoms with E-state index in [-0.39, 0.29) is 49.6 Å². The van der Waals surface area contributed by atoms with Gasteiger partial charge < -0.3 is 5.32 Å². The molecule has 0 saturated carbocycles. The quantitative estimate of drug-likeness (QED) is 0.0475. The Balaban J connectivity index is 1.69. The number of hydrogen-bond acceptors (Lipinski definition) is 7. The van der Waals surface area contributed by atoms with E-state index in [0.29, 0.717) is 25.8 Å². The molecule has 2 rings (SSSR count). The van der Waals surface area contributed by atoms with Crippen molar-refractivity contribution in [3.05, 3.63) is 48.0 Å². The number of halogens is 1. The minimum atomic E-state index is -1.52. The van der Waals surface area contributed by atoms with Crippen LogP contribution in [0.3, 0.4) is 0 Å². The Morgan fingerprint density at radius 1 is 0.756 bits per heavy atom. The molecule has 0 radical (unpaired) electrons. The van der Waals surface area contributed by atoms with Crippen LogP contribution >= 0.6 is 20.1 Å². The number of alkyl halides is 2. The topological polar surface area (TPSA) is 183 Å². The minimum Gasteiger partial charge on any atom is -0.347 e. The maximum absolute atomic E-state index is 12.7. The number of nitrogens with zero attached hydrogens (tertiary/aromatic N) is 1. The van der Waals surface area contributed by atoms with Gasteiger partial charge in [-0.15, -0.1) is 0 Å². The molecule has 0 bridgehead atoms. The Bertz CT molecular complexity index is 1120. The van der Waals surface area contributed by atoms with Crippen LogP contribution in [0.1, 0.15) is 31.2 Å². The molecule has 1 aliphatic rings. The SMILES string of the molecule is CI(C)NC(=O)CNC(=O)[C@H](Cc1ccccc1)NC(=O)CNC(=O)CNC(=O)CCCCCN1C(=O)C=CC1=O. The van der Waals surface area contributed by atoms with Crippen LogP contribution in [0.15, 0.2) is 42.5 Å². The fourth-order valence-electron chi connectivity index (χ4n) is 3.73. The Morgan fingerprint density at radius 3 is 2.02 bits per heavy atom. The molecule has 1 aromatic rings. The molecule has 7 amide bonds. The summed E-state index contributed by atoms with van der Waals surface area (Å²) >= 11 is -1.52. The van der Waals surface area contributed by atoms with Crippen molar-refractivity contribution in [1.82, 2.24) is 29.7 Å². The molecule has 0 aliphatic carbocycles. The second-order valence-corrected chi connectivity index (χ2v) is 14.2. The zero-order valence-electron chi connectivity index (χ0n) is 23.2. The van der Waals surface area contributed by atoms with Crippen LogP contribution in [0.2, 0.25) is 0 Å². The van der Waals surface area contributed by atoms with E-state index in [4.69, 9.17) is 0 Å². The van der Waals surface area contributed by atoms with E-state index in [1.165, 1.54) is 12.2 Å².